The molecule has 0 aliphatic carbocycles. The molecule has 1 aromatic rings. The lowest BCUT2D eigenvalue weighted by atomic mass is 10.0. The maximum absolute atomic E-state index is 5.98. The van der Waals surface area contributed by atoms with Crippen molar-refractivity contribution >= 4 is 11.6 Å². The molecule has 90 valence electrons. The molecule has 3 heteroatoms. The molecule has 1 aromatic carbocycles. The number of halogens is 1. The van der Waals surface area contributed by atoms with Crippen LogP contribution in [0.3, 0.4) is 0 Å². The molecule has 0 saturated carbocycles. The van der Waals surface area contributed by atoms with E-state index in [-0.39, 0.29) is 0 Å². The Hall–Kier alpha value is -0.570. The van der Waals surface area contributed by atoms with Gasteiger partial charge in [-0.2, -0.15) is 0 Å². The lowest BCUT2D eigenvalue weighted by Gasteiger charge is -2.18. The van der Waals surface area contributed by atoms with Gasteiger partial charge in [0.15, 0.2) is 0 Å². The fourth-order valence-corrected chi connectivity index (χ4v) is 1.92. The van der Waals surface area contributed by atoms with E-state index in [9.17, 15) is 0 Å². The van der Waals surface area contributed by atoms with Crippen LogP contribution < -0.4 is 5.32 Å². The molecule has 0 amide bonds. The van der Waals surface area contributed by atoms with Gasteiger partial charge in [0.05, 0.1) is 6.10 Å². The number of hydrogen-bond donors (Lipinski definition) is 1. The first-order valence-electron chi connectivity index (χ1n) is 5.63. The predicted molar refractivity (Wildman–Crippen MR) is 69.0 cm³/mol. The lowest BCUT2D eigenvalue weighted by molar-refractivity contribution is 0.106. The minimum atomic E-state index is 0.301. The van der Waals surface area contributed by atoms with Gasteiger partial charge in [0.2, 0.25) is 0 Å². The maximum atomic E-state index is 5.98. The van der Waals surface area contributed by atoms with Crippen molar-refractivity contribution in [1.82, 2.24) is 5.32 Å². The van der Waals surface area contributed by atoms with Crippen molar-refractivity contribution in [2.45, 2.75) is 31.9 Å². The van der Waals surface area contributed by atoms with E-state index in [1.165, 1.54) is 5.56 Å². The Morgan fingerprint density at radius 3 is 2.69 bits per heavy atom. The normalized spacial score (nSPS) is 14.8. The van der Waals surface area contributed by atoms with Crippen LogP contribution in [0.5, 0.6) is 0 Å². The van der Waals surface area contributed by atoms with Gasteiger partial charge in [-0.3, -0.25) is 0 Å². The molecule has 1 rings (SSSR count). The average molecular weight is 242 g/mol. The monoisotopic (exact) mass is 241 g/mol. The van der Waals surface area contributed by atoms with Crippen LogP contribution in [0.25, 0.3) is 0 Å². The second kappa shape index (κ2) is 6.89. The number of ether oxygens (including phenoxy) is 1. The van der Waals surface area contributed by atoms with Gasteiger partial charge in [-0.1, -0.05) is 23.7 Å². The Labute approximate surface area is 103 Å². The molecule has 0 heterocycles. The molecule has 1 N–H and O–H groups in total. The molecule has 2 atom stereocenters. The molecule has 2 nitrogen and oxygen atoms in total. The van der Waals surface area contributed by atoms with Gasteiger partial charge in [-0.15, -0.1) is 0 Å². The van der Waals surface area contributed by atoms with Crippen LogP contribution in [0.2, 0.25) is 5.02 Å². The lowest BCUT2D eigenvalue weighted by Crippen LogP contribution is -2.18. The van der Waals surface area contributed by atoms with Gasteiger partial charge in [-0.25, -0.2) is 0 Å². The highest BCUT2D eigenvalue weighted by Gasteiger charge is 2.11. The predicted octanol–water partition coefficient (Wildman–Crippen LogP) is 3.42. The topological polar surface area (TPSA) is 21.3 Å². The van der Waals surface area contributed by atoms with Crippen molar-refractivity contribution < 1.29 is 4.74 Å². The van der Waals surface area contributed by atoms with E-state index in [1.807, 2.05) is 25.2 Å². The summed E-state index contributed by atoms with van der Waals surface area (Å²) in [5.74, 6) is 0. The molecule has 0 spiro atoms. The Kier molecular flexibility index (Phi) is 5.81. The molecule has 2 unspecified atom stereocenters. The van der Waals surface area contributed by atoms with E-state index in [0.717, 1.165) is 17.9 Å². The Morgan fingerprint density at radius 2 is 2.12 bits per heavy atom. The van der Waals surface area contributed by atoms with Crippen molar-refractivity contribution in [1.29, 1.82) is 0 Å². The minimum Gasteiger partial charge on any atom is -0.382 e. The summed E-state index contributed by atoms with van der Waals surface area (Å²) >= 11 is 5.98. The third kappa shape index (κ3) is 4.12. The van der Waals surface area contributed by atoms with E-state index in [2.05, 4.69) is 18.3 Å². The van der Waals surface area contributed by atoms with Crippen LogP contribution in [0, 0.1) is 0 Å². The van der Waals surface area contributed by atoms with Crippen LogP contribution in [0.1, 0.15) is 31.4 Å². The fraction of sp³-hybridized carbons (Fsp3) is 0.538. The highest BCUT2D eigenvalue weighted by atomic mass is 35.5. The summed E-state index contributed by atoms with van der Waals surface area (Å²) in [5.41, 5.74) is 1.23. The summed E-state index contributed by atoms with van der Waals surface area (Å²) in [7, 11) is 3.72. The Morgan fingerprint density at radius 1 is 1.38 bits per heavy atom. The van der Waals surface area contributed by atoms with E-state index in [4.69, 9.17) is 16.3 Å². The second-order valence-corrected chi connectivity index (χ2v) is 4.46. The van der Waals surface area contributed by atoms with Crippen molar-refractivity contribution in [3.63, 3.8) is 0 Å². The number of methoxy groups -OCH3 is 1. The summed E-state index contributed by atoms with van der Waals surface area (Å²) in [4.78, 5) is 0. The van der Waals surface area contributed by atoms with Crippen LogP contribution in [-0.2, 0) is 4.74 Å². The van der Waals surface area contributed by atoms with Crippen molar-refractivity contribution in [2.24, 2.45) is 0 Å². The molecular formula is C13H20ClNO. The zero-order chi connectivity index (χ0) is 12.0. The molecular weight excluding hydrogens is 222 g/mol. The molecule has 0 bridgehead atoms. The van der Waals surface area contributed by atoms with E-state index < -0.39 is 0 Å². The number of nitrogens with one attached hydrogen (secondary N) is 1. The summed E-state index contributed by atoms with van der Waals surface area (Å²) in [6.45, 7) is 2.09. The third-order valence-electron chi connectivity index (χ3n) is 2.86. The first kappa shape index (κ1) is 13.5. The van der Waals surface area contributed by atoms with Crippen molar-refractivity contribution in [2.75, 3.05) is 14.2 Å². The molecule has 0 fully saturated rings. The fourth-order valence-electron chi connectivity index (χ4n) is 1.72. The maximum Gasteiger partial charge on any atom is 0.0543 e. The van der Waals surface area contributed by atoms with Gasteiger partial charge in [-0.05, 0) is 44.5 Å². The van der Waals surface area contributed by atoms with E-state index in [0.29, 0.717) is 12.1 Å². The first-order chi connectivity index (χ1) is 7.67. The largest absolute Gasteiger partial charge is 0.382 e. The number of benzene rings is 1. The zero-order valence-corrected chi connectivity index (χ0v) is 10.9. The van der Waals surface area contributed by atoms with E-state index in [1.54, 1.807) is 7.11 Å². The first-order valence-corrected chi connectivity index (χ1v) is 6.00. The van der Waals surface area contributed by atoms with Crippen molar-refractivity contribution in [3.05, 3.63) is 34.9 Å². The molecule has 0 aliphatic heterocycles. The summed E-state index contributed by atoms with van der Waals surface area (Å²) in [5, 5.41) is 4.10. The van der Waals surface area contributed by atoms with Crippen LogP contribution >= 0.6 is 11.6 Å². The van der Waals surface area contributed by atoms with Gasteiger partial charge in [0, 0.05) is 18.2 Å². The molecule has 0 saturated heterocycles. The average Bonchev–Trinajstić information content (AvgIpc) is 2.29. The SMILES string of the molecule is CNC(CCC(C)OC)c1cccc(Cl)c1. The standard InChI is InChI=1S/C13H20ClNO/c1-10(16-3)7-8-13(15-2)11-5-4-6-12(14)9-11/h4-6,9-10,13,15H,7-8H2,1-3H3. The summed E-state index contributed by atoms with van der Waals surface area (Å²) < 4.78 is 5.25. The summed E-state index contributed by atoms with van der Waals surface area (Å²) in [6, 6.07) is 8.35. The smallest absolute Gasteiger partial charge is 0.0543 e. The molecule has 16 heavy (non-hydrogen) atoms. The van der Waals surface area contributed by atoms with Gasteiger partial charge < -0.3 is 10.1 Å². The quantitative estimate of drug-likeness (QED) is 0.824. The summed E-state index contributed by atoms with van der Waals surface area (Å²) in [6.07, 6.45) is 2.38. The molecule has 0 radical (unpaired) electrons. The number of hydrogen-bond acceptors (Lipinski definition) is 2. The van der Waals surface area contributed by atoms with Gasteiger partial charge in [0.1, 0.15) is 0 Å². The highest BCUT2D eigenvalue weighted by molar-refractivity contribution is 6.30. The third-order valence-corrected chi connectivity index (χ3v) is 3.10. The Bertz CT molecular complexity index is 317. The Balaban J connectivity index is 2.60. The minimum absolute atomic E-state index is 0.301. The zero-order valence-electron chi connectivity index (χ0n) is 10.2. The molecule has 0 aliphatic rings. The molecule has 0 aromatic heterocycles. The van der Waals surface area contributed by atoms with Crippen LogP contribution in [0.4, 0.5) is 0 Å². The second-order valence-electron chi connectivity index (χ2n) is 4.02. The van der Waals surface area contributed by atoms with Crippen LogP contribution in [0.15, 0.2) is 24.3 Å². The van der Waals surface area contributed by atoms with Crippen LogP contribution in [-0.4, -0.2) is 20.3 Å². The number of rotatable bonds is 6. The van der Waals surface area contributed by atoms with Gasteiger partial charge >= 0.3 is 0 Å². The van der Waals surface area contributed by atoms with Gasteiger partial charge in [0.25, 0.3) is 0 Å². The highest BCUT2D eigenvalue weighted by Crippen LogP contribution is 2.22. The van der Waals surface area contributed by atoms with E-state index >= 15 is 0 Å². The van der Waals surface area contributed by atoms with Crippen molar-refractivity contribution in [3.8, 4) is 0 Å².